The minimum atomic E-state index is -0.435. The lowest BCUT2D eigenvalue weighted by Crippen LogP contribution is -2.42. The van der Waals surface area contributed by atoms with Crippen molar-refractivity contribution in [2.24, 2.45) is 0 Å². The van der Waals surface area contributed by atoms with E-state index in [9.17, 15) is 9.59 Å². The van der Waals surface area contributed by atoms with Gasteiger partial charge in [0.1, 0.15) is 5.75 Å². The lowest BCUT2D eigenvalue weighted by atomic mass is 10.1. The van der Waals surface area contributed by atoms with Crippen LogP contribution in [0.3, 0.4) is 0 Å². The molecule has 0 aromatic heterocycles. The summed E-state index contributed by atoms with van der Waals surface area (Å²) in [4.78, 5) is 24.1. The molecule has 0 radical (unpaired) electrons. The predicted molar refractivity (Wildman–Crippen MR) is 93.0 cm³/mol. The second-order valence-electron chi connectivity index (χ2n) is 5.47. The first-order chi connectivity index (χ1) is 11.5. The molecular formula is C18H19ClN2O3. The normalized spacial score (nSPS) is 10.3. The number of hydrogen-bond donors (Lipinski definition) is 2. The predicted octanol–water partition coefficient (Wildman–Crippen LogP) is 3.13. The van der Waals surface area contributed by atoms with Crippen molar-refractivity contribution in [2.75, 3.05) is 0 Å². The molecule has 2 aromatic rings. The Morgan fingerprint density at radius 1 is 1.04 bits per heavy atom. The van der Waals surface area contributed by atoms with E-state index in [1.165, 1.54) is 0 Å². The average Bonchev–Trinajstić information content (AvgIpc) is 2.55. The Morgan fingerprint density at radius 3 is 2.38 bits per heavy atom. The first-order valence-corrected chi connectivity index (χ1v) is 7.93. The van der Waals surface area contributed by atoms with Crippen LogP contribution in [-0.2, 0) is 11.2 Å². The summed E-state index contributed by atoms with van der Waals surface area (Å²) < 4.78 is 5.59. The van der Waals surface area contributed by atoms with Gasteiger partial charge >= 0.3 is 0 Å². The Morgan fingerprint density at radius 2 is 1.71 bits per heavy atom. The first-order valence-electron chi connectivity index (χ1n) is 7.55. The molecule has 2 aromatic carbocycles. The smallest absolute Gasteiger partial charge is 0.273 e. The van der Waals surface area contributed by atoms with Crippen LogP contribution in [0.5, 0.6) is 5.75 Å². The maximum atomic E-state index is 12.2. The molecule has 0 fully saturated rings. The third kappa shape index (κ3) is 5.28. The molecule has 2 N–H and O–H groups in total. The fourth-order valence-corrected chi connectivity index (χ4v) is 2.16. The maximum Gasteiger partial charge on any atom is 0.273 e. The van der Waals surface area contributed by atoms with Crippen LogP contribution >= 0.6 is 11.6 Å². The van der Waals surface area contributed by atoms with Crippen LogP contribution in [-0.4, -0.2) is 17.9 Å². The summed E-state index contributed by atoms with van der Waals surface area (Å²) in [6.45, 7) is 3.76. The molecular weight excluding hydrogens is 328 g/mol. The summed E-state index contributed by atoms with van der Waals surface area (Å²) >= 11 is 5.80. The van der Waals surface area contributed by atoms with Crippen molar-refractivity contribution in [3.05, 3.63) is 64.7 Å². The minimum Gasteiger partial charge on any atom is -0.490 e. The largest absolute Gasteiger partial charge is 0.490 e. The van der Waals surface area contributed by atoms with Crippen LogP contribution in [0.2, 0.25) is 5.02 Å². The SMILES string of the molecule is CC(C)Oc1ccccc1C(=O)NNC(=O)Cc1ccc(Cl)cc1. The highest BCUT2D eigenvalue weighted by Gasteiger charge is 2.14. The van der Waals surface area contributed by atoms with Crippen LogP contribution in [0.1, 0.15) is 29.8 Å². The number of para-hydroxylation sites is 1. The Kier molecular flexibility index (Phi) is 6.21. The van der Waals surface area contributed by atoms with Gasteiger partial charge in [0, 0.05) is 5.02 Å². The summed E-state index contributed by atoms with van der Waals surface area (Å²) in [6.07, 6.45) is 0.0835. The number of carbonyl (C=O) groups is 2. The van der Waals surface area contributed by atoms with Gasteiger partial charge in [0.25, 0.3) is 5.91 Å². The summed E-state index contributed by atoms with van der Waals surface area (Å²) in [5, 5.41) is 0.606. The molecule has 6 heteroatoms. The molecule has 24 heavy (non-hydrogen) atoms. The number of ether oxygens (including phenoxy) is 1. The van der Waals surface area contributed by atoms with Gasteiger partial charge in [0.05, 0.1) is 18.1 Å². The van der Waals surface area contributed by atoms with E-state index in [-0.39, 0.29) is 18.4 Å². The lowest BCUT2D eigenvalue weighted by Gasteiger charge is -2.14. The molecule has 0 saturated heterocycles. The van der Waals surface area contributed by atoms with Gasteiger partial charge in [-0.2, -0.15) is 0 Å². The zero-order chi connectivity index (χ0) is 17.5. The van der Waals surface area contributed by atoms with Crippen LogP contribution in [0.4, 0.5) is 0 Å². The number of amides is 2. The molecule has 0 aliphatic rings. The van der Waals surface area contributed by atoms with Crippen LogP contribution in [0.25, 0.3) is 0 Å². The topological polar surface area (TPSA) is 67.4 Å². The fourth-order valence-electron chi connectivity index (χ4n) is 2.04. The average molecular weight is 347 g/mol. The highest BCUT2D eigenvalue weighted by molar-refractivity contribution is 6.30. The minimum absolute atomic E-state index is 0.0570. The third-order valence-corrected chi connectivity index (χ3v) is 3.34. The van der Waals surface area contributed by atoms with E-state index in [4.69, 9.17) is 16.3 Å². The van der Waals surface area contributed by atoms with E-state index in [0.717, 1.165) is 5.56 Å². The van der Waals surface area contributed by atoms with Gasteiger partial charge < -0.3 is 4.74 Å². The molecule has 0 saturated carbocycles. The Labute approximate surface area is 145 Å². The number of hydrogen-bond acceptors (Lipinski definition) is 3. The number of halogens is 1. The quantitative estimate of drug-likeness (QED) is 0.817. The van der Waals surface area contributed by atoms with E-state index in [1.807, 2.05) is 13.8 Å². The van der Waals surface area contributed by atoms with Gasteiger partial charge in [-0.1, -0.05) is 35.9 Å². The number of rotatable bonds is 5. The second-order valence-corrected chi connectivity index (χ2v) is 5.90. The highest BCUT2D eigenvalue weighted by Crippen LogP contribution is 2.19. The van der Waals surface area contributed by atoms with E-state index >= 15 is 0 Å². The number of nitrogens with one attached hydrogen (secondary N) is 2. The van der Waals surface area contributed by atoms with Crippen molar-refractivity contribution >= 4 is 23.4 Å². The molecule has 2 amide bonds. The van der Waals surface area contributed by atoms with Gasteiger partial charge in [0.15, 0.2) is 0 Å². The standard InChI is InChI=1S/C18H19ClN2O3/c1-12(2)24-16-6-4-3-5-15(16)18(23)21-20-17(22)11-13-7-9-14(19)10-8-13/h3-10,12H,11H2,1-2H3,(H,20,22)(H,21,23). The van der Waals surface area contributed by atoms with Crippen molar-refractivity contribution in [3.63, 3.8) is 0 Å². The Balaban J connectivity index is 1.93. The van der Waals surface area contributed by atoms with E-state index < -0.39 is 5.91 Å². The van der Waals surface area contributed by atoms with Gasteiger partial charge in [-0.15, -0.1) is 0 Å². The van der Waals surface area contributed by atoms with Crippen molar-refractivity contribution < 1.29 is 14.3 Å². The first kappa shape index (κ1) is 17.8. The Hall–Kier alpha value is -2.53. The molecule has 5 nitrogen and oxygen atoms in total. The summed E-state index contributed by atoms with van der Waals surface area (Å²) in [6, 6.07) is 13.8. The van der Waals surface area contributed by atoms with E-state index in [1.54, 1.807) is 48.5 Å². The maximum absolute atomic E-state index is 12.2. The van der Waals surface area contributed by atoms with E-state index in [0.29, 0.717) is 16.3 Å². The van der Waals surface area contributed by atoms with Crippen LogP contribution < -0.4 is 15.6 Å². The lowest BCUT2D eigenvalue weighted by molar-refractivity contribution is -0.121. The molecule has 0 bridgehead atoms. The van der Waals surface area contributed by atoms with Gasteiger partial charge in [-0.3, -0.25) is 20.4 Å². The molecule has 0 aliphatic carbocycles. The van der Waals surface area contributed by atoms with Crippen LogP contribution in [0, 0.1) is 0 Å². The molecule has 0 heterocycles. The zero-order valence-electron chi connectivity index (χ0n) is 13.5. The van der Waals surface area contributed by atoms with E-state index in [2.05, 4.69) is 10.9 Å². The van der Waals surface area contributed by atoms with Gasteiger partial charge in [0.2, 0.25) is 5.91 Å². The summed E-state index contributed by atoms with van der Waals surface area (Å²) in [5.74, 6) is -0.291. The molecule has 0 spiro atoms. The zero-order valence-corrected chi connectivity index (χ0v) is 14.3. The molecule has 126 valence electrons. The molecule has 0 atom stereocenters. The fraction of sp³-hybridized carbons (Fsp3) is 0.222. The van der Waals surface area contributed by atoms with Crippen molar-refractivity contribution in [2.45, 2.75) is 26.4 Å². The number of carbonyl (C=O) groups excluding carboxylic acids is 2. The third-order valence-electron chi connectivity index (χ3n) is 3.09. The molecule has 0 aliphatic heterocycles. The van der Waals surface area contributed by atoms with Crippen molar-refractivity contribution in [1.29, 1.82) is 0 Å². The summed E-state index contributed by atoms with van der Waals surface area (Å²) in [5.41, 5.74) is 5.96. The monoisotopic (exact) mass is 346 g/mol. The highest BCUT2D eigenvalue weighted by atomic mass is 35.5. The molecule has 2 rings (SSSR count). The van der Waals surface area contributed by atoms with Gasteiger partial charge in [-0.05, 0) is 43.7 Å². The number of hydrazine groups is 1. The molecule has 0 unspecified atom stereocenters. The van der Waals surface area contributed by atoms with Crippen LogP contribution in [0.15, 0.2) is 48.5 Å². The van der Waals surface area contributed by atoms with Gasteiger partial charge in [-0.25, -0.2) is 0 Å². The second kappa shape index (κ2) is 8.36. The van der Waals surface area contributed by atoms with Crippen molar-refractivity contribution in [3.8, 4) is 5.75 Å². The van der Waals surface area contributed by atoms with Crippen molar-refractivity contribution in [1.82, 2.24) is 10.9 Å². The summed E-state index contributed by atoms with van der Waals surface area (Å²) in [7, 11) is 0. The Bertz CT molecular complexity index is 714. The number of benzene rings is 2.